The highest BCUT2D eigenvalue weighted by Crippen LogP contribution is 2.19. The van der Waals surface area contributed by atoms with E-state index in [1.54, 1.807) is 6.07 Å². The summed E-state index contributed by atoms with van der Waals surface area (Å²) in [6.45, 7) is 1.97. The first-order chi connectivity index (χ1) is 7.66. The number of hydrogen-bond acceptors (Lipinski definition) is 3. The van der Waals surface area contributed by atoms with Crippen molar-refractivity contribution in [1.29, 1.82) is 0 Å². The van der Waals surface area contributed by atoms with Crippen molar-refractivity contribution >= 4 is 5.97 Å². The van der Waals surface area contributed by atoms with E-state index in [-0.39, 0.29) is 11.8 Å². The summed E-state index contributed by atoms with van der Waals surface area (Å²) < 4.78 is 5.23. The maximum Gasteiger partial charge on any atom is 0.371 e. The molecule has 0 fully saturated rings. The van der Waals surface area contributed by atoms with E-state index in [2.05, 4.69) is 17.5 Å². The molecule has 0 bridgehead atoms. The Bertz CT molecular complexity index is 400. The van der Waals surface area contributed by atoms with Crippen LogP contribution in [-0.2, 0) is 0 Å². The summed E-state index contributed by atoms with van der Waals surface area (Å²) >= 11 is 0. The Morgan fingerprint density at radius 1 is 1.50 bits per heavy atom. The molecule has 1 aliphatic carbocycles. The third-order valence-corrected chi connectivity index (χ3v) is 2.76. The molecule has 4 nitrogen and oxygen atoms in total. The molecule has 1 aromatic heterocycles. The van der Waals surface area contributed by atoms with Gasteiger partial charge in [-0.3, -0.25) is 0 Å². The second kappa shape index (κ2) is 4.53. The van der Waals surface area contributed by atoms with Gasteiger partial charge in [-0.2, -0.15) is 0 Å². The van der Waals surface area contributed by atoms with Crippen molar-refractivity contribution in [3.8, 4) is 0 Å². The van der Waals surface area contributed by atoms with Crippen LogP contribution in [0.3, 0.4) is 0 Å². The topological polar surface area (TPSA) is 62.5 Å². The fourth-order valence-corrected chi connectivity index (χ4v) is 1.89. The smallest absolute Gasteiger partial charge is 0.371 e. The van der Waals surface area contributed by atoms with Crippen LogP contribution in [0.5, 0.6) is 0 Å². The Hall–Kier alpha value is -1.55. The summed E-state index contributed by atoms with van der Waals surface area (Å²) in [6.07, 6.45) is 6.35. The van der Waals surface area contributed by atoms with Crippen molar-refractivity contribution in [2.75, 3.05) is 0 Å². The van der Waals surface area contributed by atoms with Gasteiger partial charge in [0.05, 0.1) is 6.04 Å². The van der Waals surface area contributed by atoms with E-state index < -0.39 is 5.97 Å². The van der Waals surface area contributed by atoms with Crippen molar-refractivity contribution in [2.24, 2.45) is 0 Å². The molecule has 4 heteroatoms. The lowest BCUT2D eigenvalue weighted by molar-refractivity contribution is 0.0659. The van der Waals surface area contributed by atoms with E-state index in [0.29, 0.717) is 11.8 Å². The average Bonchev–Trinajstić information content (AvgIpc) is 2.86. The van der Waals surface area contributed by atoms with E-state index in [9.17, 15) is 4.79 Å². The van der Waals surface area contributed by atoms with E-state index in [4.69, 9.17) is 9.52 Å². The minimum atomic E-state index is -1.03. The molecule has 1 unspecified atom stereocenters. The molecule has 1 aromatic rings. The monoisotopic (exact) mass is 221 g/mol. The van der Waals surface area contributed by atoms with Crippen LogP contribution in [0.2, 0.25) is 0 Å². The van der Waals surface area contributed by atoms with Crippen LogP contribution >= 0.6 is 0 Å². The van der Waals surface area contributed by atoms with Gasteiger partial charge in [0, 0.05) is 6.04 Å². The highest BCUT2D eigenvalue weighted by Gasteiger charge is 2.18. The molecule has 1 aliphatic rings. The van der Waals surface area contributed by atoms with Gasteiger partial charge in [-0.15, -0.1) is 0 Å². The van der Waals surface area contributed by atoms with Gasteiger partial charge in [0.25, 0.3) is 0 Å². The zero-order valence-corrected chi connectivity index (χ0v) is 9.14. The second-order valence-corrected chi connectivity index (χ2v) is 4.04. The molecule has 0 amide bonds. The van der Waals surface area contributed by atoms with Crippen molar-refractivity contribution in [2.45, 2.75) is 31.8 Å². The highest BCUT2D eigenvalue weighted by molar-refractivity contribution is 5.84. The molecule has 2 N–H and O–H groups in total. The minimum absolute atomic E-state index is 0.00630. The molecule has 16 heavy (non-hydrogen) atoms. The van der Waals surface area contributed by atoms with Gasteiger partial charge in [-0.05, 0) is 31.9 Å². The Kier molecular flexibility index (Phi) is 3.10. The summed E-state index contributed by atoms with van der Waals surface area (Å²) in [5.41, 5.74) is 0. The minimum Gasteiger partial charge on any atom is -0.475 e. The molecule has 1 atom stereocenters. The molecule has 0 aromatic carbocycles. The first-order valence-corrected chi connectivity index (χ1v) is 5.41. The molecule has 0 saturated heterocycles. The second-order valence-electron chi connectivity index (χ2n) is 4.04. The third-order valence-electron chi connectivity index (χ3n) is 2.76. The fourth-order valence-electron chi connectivity index (χ4n) is 1.89. The lowest BCUT2D eigenvalue weighted by atomic mass is 10.2. The predicted octanol–water partition coefficient (Wildman–Crippen LogP) is 2.35. The number of carboxylic acids is 1. The predicted molar refractivity (Wildman–Crippen MR) is 59.4 cm³/mol. The van der Waals surface area contributed by atoms with Gasteiger partial charge in [-0.1, -0.05) is 12.2 Å². The summed E-state index contributed by atoms with van der Waals surface area (Å²) in [5.74, 6) is -0.363. The van der Waals surface area contributed by atoms with Gasteiger partial charge in [-0.25, -0.2) is 4.79 Å². The lowest BCUT2D eigenvalue weighted by Crippen LogP contribution is -2.28. The maximum atomic E-state index is 10.7. The summed E-state index contributed by atoms with van der Waals surface area (Å²) in [5, 5.41) is 12.1. The quantitative estimate of drug-likeness (QED) is 0.766. The zero-order valence-electron chi connectivity index (χ0n) is 9.14. The van der Waals surface area contributed by atoms with Crippen LogP contribution < -0.4 is 5.32 Å². The van der Waals surface area contributed by atoms with E-state index in [0.717, 1.165) is 12.8 Å². The normalized spacial score (nSPS) is 17.8. The van der Waals surface area contributed by atoms with Gasteiger partial charge < -0.3 is 14.8 Å². The average molecular weight is 221 g/mol. The Balaban J connectivity index is 1.97. The molecule has 1 heterocycles. The zero-order chi connectivity index (χ0) is 11.5. The first kappa shape index (κ1) is 11.0. The van der Waals surface area contributed by atoms with Crippen molar-refractivity contribution in [1.82, 2.24) is 5.32 Å². The number of carboxylic acid groups (broad SMARTS) is 1. The van der Waals surface area contributed by atoms with Crippen LogP contribution in [-0.4, -0.2) is 17.1 Å². The standard InChI is InChI=1S/C12H15NO3/c1-8(13-9-4-2-3-5-9)10-6-7-11(16-10)12(14)15/h2-3,6-9,13H,4-5H2,1H3,(H,14,15). The van der Waals surface area contributed by atoms with Crippen molar-refractivity contribution in [3.05, 3.63) is 35.8 Å². The van der Waals surface area contributed by atoms with Gasteiger partial charge >= 0.3 is 5.97 Å². The van der Waals surface area contributed by atoms with Crippen molar-refractivity contribution in [3.63, 3.8) is 0 Å². The molecule has 0 radical (unpaired) electrons. The summed E-state index contributed by atoms with van der Waals surface area (Å²) in [4.78, 5) is 10.7. The Morgan fingerprint density at radius 3 is 2.75 bits per heavy atom. The third kappa shape index (κ3) is 2.33. The van der Waals surface area contributed by atoms with Crippen LogP contribution in [0, 0.1) is 0 Å². The first-order valence-electron chi connectivity index (χ1n) is 5.41. The number of carbonyl (C=O) groups is 1. The van der Waals surface area contributed by atoms with Crippen LogP contribution in [0.4, 0.5) is 0 Å². The van der Waals surface area contributed by atoms with Crippen LogP contribution in [0.1, 0.15) is 42.1 Å². The number of furan rings is 1. The Morgan fingerprint density at radius 2 is 2.19 bits per heavy atom. The largest absolute Gasteiger partial charge is 0.475 e. The summed E-state index contributed by atoms with van der Waals surface area (Å²) in [6, 6.07) is 3.68. The van der Waals surface area contributed by atoms with Gasteiger partial charge in [0.15, 0.2) is 0 Å². The number of rotatable bonds is 4. The Labute approximate surface area is 94.0 Å². The van der Waals surface area contributed by atoms with Crippen molar-refractivity contribution < 1.29 is 14.3 Å². The van der Waals surface area contributed by atoms with E-state index >= 15 is 0 Å². The van der Waals surface area contributed by atoms with E-state index in [1.807, 2.05) is 6.92 Å². The van der Waals surface area contributed by atoms with Gasteiger partial charge in [0.1, 0.15) is 5.76 Å². The number of nitrogens with one attached hydrogen (secondary N) is 1. The molecular weight excluding hydrogens is 206 g/mol. The highest BCUT2D eigenvalue weighted by atomic mass is 16.4. The molecular formula is C12H15NO3. The molecule has 2 rings (SSSR count). The summed E-state index contributed by atoms with van der Waals surface area (Å²) in [7, 11) is 0. The SMILES string of the molecule is CC(NC1CC=CC1)c1ccc(C(=O)O)o1. The molecule has 0 saturated carbocycles. The molecule has 0 spiro atoms. The van der Waals surface area contributed by atoms with Crippen LogP contribution in [0.15, 0.2) is 28.7 Å². The molecule has 86 valence electrons. The maximum absolute atomic E-state index is 10.7. The van der Waals surface area contributed by atoms with Gasteiger partial charge in [0.2, 0.25) is 5.76 Å². The van der Waals surface area contributed by atoms with E-state index in [1.165, 1.54) is 6.07 Å². The number of aromatic carboxylic acids is 1. The number of hydrogen-bond donors (Lipinski definition) is 2. The molecule has 0 aliphatic heterocycles. The van der Waals surface area contributed by atoms with Crippen LogP contribution in [0.25, 0.3) is 0 Å². The fraction of sp³-hybridized carbons (Fsp3) is 0.417. The lowest BCUT2D eigenvalue weighted by Gasteiger charge is -2.17.